The largest absolute Gasteiger partial charge is 0.481 e. The second-order valence-electron chi connectivity index (χ2n) is 7.34. The van der Waals surface area contributed by atoms with Crippen LogP contribution < -0.4 is 0 Å². The minimum Gasteiger partial charge on any atom is -0.481 e. The highest BCUT2D eigenvalue weighted by Crippen LogP contribution is 2.57. The molecule has 0 radical (unpaired) electrons. The molecule has 5 nitrogen and oxygen atoms in total. The molecule has 0 spiro atoms. The van der Waals surface area contributed by atoms with Gasteiger partial charge in [0, 0.05) is 0 Å². The quantitative estimate of drug-likeness (QED) is 0.734. The van der Waals surface area contributed by atoms with Gasteiger partial charge in [-0.05, 0) is 62.0 Å². The lowest BCUT2D eigenvalue weighted by atomic mass is 9.65. The average Bonchev–Trinajstić information content (AvgIpc) is 3.38. The zero-order chi connectivity index (χ0) is 17.8. The van der Waals surface area contributed by atoms with Gasteiger partial charge in [0.25, 0.3) is 10.1 Å². The molecule has 2 N–H and O–H groups in total. The summed E-state index contributed by atoms with van der Waals surface area (Å²) < 4.78 is 32.6. The van der Waals surface area contributed by atoms with E-state index in [4.69, 9.17) is 0 Å². The number of carbonyl (C=O) groups is 1. The van der Waals surface area contributed by atoms with Gasteiger partial charge in [-0.2, -0.15) is 8.42 Å². The Morgan fingerprint density at radius 1 is 1.17 bits per heavy atom. The van der Waals surface area contributed by atoms with Crippen molar-refractivity contribution in [3.05, 3.63) is 35.4 Å². The standard InChI is InChI=1S/C18H24O5S/c1-3-17(2,24(21,22)23)18(16(19)20,15-10-11-15)14-8-6-13(7-9-14)12-4-5-12/h6-9,12,15H,3-5,10-11H2,1-2H3,(H,19,20)(H,21,22,23)/t17?,18-/m0/s1. The van der Waals surface area contributed by atoms with Crippen LogP contribution in [0.3, 0.4) is 0 Å². The lowest BCUT2D eigenvalue weighted by Crippen LogP contribution is -2.60. The van der Waals surface area contributed by atoms with Crippen LogP contribution in [0.1, 0.15) is 63.0 Å². The Labute approximate surface area is 142 Å². The molecule has 132 valence electrons. The van der Waals surface area contributed by atoms with Gasteiger partial charge in [0.05, 0.1) is 0 Å². The molecule has 0 bridgehead atoms. The predicted molar refractivity (Wildman–Crippen MR) is 90.7 cm³/mol. The van der Waals surface area contributed by atoms with E-state index in [1.165, 1.54) is 12.5 Å². The highest BCUT2D eigenvalue weighted by molar-refractivity contribution is 7.87. The topological polar surface area (TPSA) is 91.7 Å². The third kappa shape index (κ3) is 2.39. The van der Waals surface area contributed by atoms with Gasteiger partial charge in [-0.1, -0.05) is 31.2 Å². The molecule has 2 atom stereocenters. The number of carboxylic acids is 1. The van der Waals surface area contributed by atoms with Gasteiger partial charge < -0.3 is 5.11 Å². The molecule has 6 heteroatoms. The van der Waals surface area contributed by atoms with E-state index in [0.717, 1.165) is 12.8 Å². The highest BCUT2D eigenvalue weighted by atomic mass is 32.2. The molecule has 3 rings (SSSR count). The first-order chi connectivity index (χ1) is 11.2. The fourth-order valence-corrected chi connectivity index (χ4v) is 5.26. The van der Waals surface area contributed by atoms with Crippen molar-refractivity contribution in [3.8, 4) is 0 Å². The fourth-order valence-electron chi connectivity index (χ4n) is 4.11. The minimum absolute atomic E-state index is 0.0268. The molecule has 1 aromatic rings. The average molecular weight is 352 g/mol. The summed E-state index contributed by atoms with van der Waals surface area (Å²) in [5.74, 6) is -0.918. The lowest BCUT2D eigenvalue weighted by Gasteiger charge is -2.44. The van der Waals surface area contributed by atoms with Crippen LogP contribution in [0.2, 0.25) is 0 Å². The maximum absolute atomic E-state index is 12.4. The number of rotatable bonds is 7. The molecule has 1 unspecified atom stereocenters. The molecule has 0 aromatic heterocycles. The van der Waals surface area contributed by atoms with Crippen molar-refractivity contribution in [1.29, 1.82) is 0 Å². The molecule has 24 heavy (non-hydrogen) atoms. The van der Waals surface area contributed by atoms with Gasteiger partial charge in [0.15, 0.2) is 0 Å². The number of aliphatic carboxylic acids is 1. The van der Waals surface area contributed by atoms with Gasteiger partial charge in [-0.3, -0.25) is 9.35 Å². The van der Waals surface area contributed by atoms with Crippen LogP contribution in [-0.4, -0.2) is 28.8 Å². The number of benzene rings is 1. The summed E-state index contributed by atoms with van der Waals surface area (Å²) in [5, 5.41) is 10.1. The van der Waals surface area contributed by atoms with Crippen LogP contribution in [0.25, 0.3) is 0 Å². The fraction of sp³-hybridized carbons (Fsp3) is 0.611. The van der Waals surface area contributed by atoms with E-state index in [2.05, 4.69) is 0 Å². The Morgan fingerprint density at radius 2 is 1.71 bits per heavy atom. The summed E-state index contributed by atoms with van der Waals surface area (Å²) in [4.78, 5) is 12.4. The molecular formula is C18H24O5S. The van der Waals surface area contributed by atoms with E-state index in [1.54, 1.807) is 19.1 Å². The van der Waals surface area contributed by atoms with Crippen LogP contribution >= 0.6 is 0 Å². The number of hydrogen-bond donors (Lipinski definition) is 2. The maximum Gasteiger partial charge on any atom is 0.316 e. The lowest BCUT2D eigenvalue weighted by molar-refractivity contribution is -0.146. The molecule has 0 amide bonds. The van der Waals surface area contributed by atoms with Crippen LogP contribution in [0, 0.1) is 5.92 Å². The molecule has 0 saturated heterocycles. The van der Waals surface area contributed by atoms with Gasteiger partial charge >= 0.3 is 5.97 Å². The third-order valence-corrected chi connectivity index (χ3v) is 7.77. The van der Waals surface area contributed by atoms with Crippen LogP contribution in [0.5, 0.6) is 0 Å². The van der Waals surface area contributed by atoms with Crippen molar-refractivity contribution in [2.24, 2.45) is 5.92 Å². The number of hydrogen-bond acceptors (Lipinski definition) is 3. The summed E-state index contributed by atoms with van der Waals surface area (Å²) in [6, 6.07) is 7.32. The van der Waals surface area contributed by atoms with Gasteiger partial charge in [0.1, 0.15) is 10.2 Å². The monoisotopic (exact) mass is 352 g/mol. The van der Waals surface area contributed by atoms with Crippen LogP contribution in [0.4, 0.5) is 0 Å². The Kier molecular flexibility index (Phi) is 4.04. The molecule has 0 heterocycles. The first-order valence-corrected chi connectivity index (χ1v) is 9.93. The first kappa shape index (κ1) is 17.4. The zero-order valence-corrected chi connectivity index (χ0v) is 14.8. The maximum atomic E-state index is 12.4. The number of carboxylic acid groups (broad SMARTS) is 1. The van der Waals surface area contributed by atoms with E-state index in [-0.39, 0.29) is 12.3 Å². The van der Waals surface area contributed by atoms with Gasteiger partial charge in [-0.15, -0.1) is 0 Å². The van der Waals surface area contributed by atoms with Crippen molar-refractivity contribution >= 4 is 16.1 Å². The van der Waals surface area contributed by atoms with E-state index < -0.39 is 26.2 Å². The predicted octanol–water partition coefficient (Wildman–Crippen LogP) is 3.35. The molecule has 2 saturated carbocycles. The second kappa shape index (κ2) is 5.56. The molecule has 1 aromatic carbocycles. The van der Waals surface area contributed by atoms with Gasteiger partial charge in [0.2, 0.25) is 0 Å². The smallest absolute Gasteiger partial charge is 0.316 e. The Morgan fingerprint density at radius 3 is 2.04 bits per heavy atom. The molecular weight excluding hydrogens is 328 g/mol. The summed E-state index contributed by atoms with van der Waals surface area (Å²) in [7, 11) is -4.57. The van der Waals surface area contributed by atoms with Crippen LogP contribution in [0.15, 0.2) is 24.3 Å². The van der Waals surface area contributed by atoms with Crippen molar-refractivity contribution in [2.45, 2.75) is 62.0 Å². The van der Waals surface area contributed by atoms with E-state index in [0.29, 0.717) is 24.3 Å². The van der Waals surface area contributed by atoms with E-state index in [9.17, 15) is 22.9 Å². The second-order valence-corrected chi connectivity index (χ2v) is 9.19. The molecule has 2 aliphatic rings. The van der Waals surface area contributed by atoms with Crippen molar-refractivity contribution in [2.75, 3.05) is 0 Å². The first-order valence-electron chi connectivity index (χ1n) is 8.49. The Hall–Kier alpha value is -1.40. The van der Waals surface area contributed by atoms with Crippen LogP contribution in [-0.2, 0) is 20.3 Å². The summed E-state index contributed by atoms with van der Waals surface area (Å²) >= 11 is 0. The zero-order valence-electron chi connectivity index (χ0n) is 14.0. The van der Waals surface area contributed by atoms with E-state index in [1.807, 2.05) is 12.1 Å². The van der Waals surface area contributed by atoms with E-state index >= 15 is 0 Å². The summed E-state index contributed by atoms with van der Waals surface area (Å²) in [6.45, 7) is 2.98. The van der Waals surface area contributed by atoms with Crippen molar-refractivity contribution in [3.63, 3.8) is 0 Å². The SMILES string of the molecule is CCC(C)([C@@](C(=O)O)(c1ccc(C2CC2)cc1)C1CC1)S(=O)(=O)O. The van der Waals surface area contributed by atoms with Gasteiger partial charge in [-0.25, -0.2) is 0 Å². The molecule has 0 aliphatic heterocycles. The minimum atomic E-state index is -4.57. The Bertz CT molecular complexity index is 746. The van der Waals surface area contributed by atoms with Crippen molar-refractivity contribution < 1.29 is 22.9 Å². The normalized spacial score (nSPS) is 23.3. The molecule has 2 fully saturated rings. The third-order valence-electron chi connectivity index (χ3n) is 6.02. The molecule has 2 aliphatic carbocycles. The summed E-state index contributed by atoms with van der Waals surface area (Å²) in [6.07, 6.45) is 3.62. The summed E-state index contributed by atoms with van der Waals surface area (Å²) in [5.41, 5.74) is 0.0139. The van der Waals surface area contributed by atoms with Crippen molar-refractivity contribution in [1.82, 2.24) is 0 Å². The Balaban J connectivity index is 2.20. The highest BCUT2D eigenvalue weighted by Gasteiger charge is 2.67.